The summed E-state index contributed by atoms with van der Waals surface area (Å²) in [5.74, 6) is 0.00727. The normalized spacial score (nSPS) is 18.5. The summed E-state index contributed by atoms with van der Waals surface area (Å²) in [4.78, 5) is 18.8. The summed E-state index contributed by atoms with van der Waals surface area (Å²) in [6.07, 6.45) is 3.55. The molecule has 0 spiro atoms. The molecule has 0 radical (unpaired) electrons. The quantitative estimate of drug-likeness (QED) is 0.927. The third kappa shape index (κ3) is 3.06. The highest BCUT2D eigenvalue weighted by molar-refractivity contribution is 6.30. The molecule has 1 atom stereocenters. The van der Waals surface area contributed by atoms with Gasteiger partial charge in [0.2, 0.25) is 0 Å². The van der Waals surface area contributed by atoms with Crippen molar-refractivity contribution in [3.63, 3.8) is 0 Å². The predicted molar refractivity (Wildman–Crippen MR) is 82.3 cm³/mol. The number of rotatable bonds is 2. The van der Waals surface area contributed by atoms with E-state index in [0.29, 0.717) is 17.1 Å². The number of carbonyl (C=O) groups is 1. The molecule has 3 rings (SSSR count). The van der Waals surface area contributed by atoms with E-state index >= 15 is 0 Å². The Balaban J connectivity index is 1.89. The number of pyridine rings is 1. The standard InChI is InChI=1S/C16H16ClN3O/c17-14-5-1-3-12(9-14)16(21)20-8-7-19-11-15(20)13-4-2-6-18-10-13/h1-6,9-10,15,19H,7-8,11H2. The number of halogens is 1. The predicted octanol–water partition coefficient (Wildman–Crippen LogP) is 2.52. The third-order valence-corrected chi connectivity index (χ3v) is 3.88. The molecule has 21 heavy (non-hydrogen) atoms. The summed E-state index contributed by atoms with van der Waals surface area (Å²) in [5.41, 5.74) is 1.67. The van der Waals surface area contributed by atoms with Gasteiger partial charge in [0.15, 0.2) is 0 Å². The molecule has 0 aliphatic carbocycles. The summed E-state index contributed by atoms with van der Waals surface area (Å²) in [5, 5.41) is 3.91. The number of carbonyl (C=O) groups excluding carboxylic acids is 1. The Kier molecular flexibility index (Phi) is 4.18. The molecule has 0 bridgehead atoms. The number of hydrogen-bond acceptors (Lipinski definition) is 3. The molecule has 1 unspecified atom stereocenters. The molecule has 1 aromatic heterocycles. The van der Waals surface area contributed by atoms with E-state index in [2.05, 4.69) is 10.3 Å². The summed E-state index contributed by atoms with van der Waals surface area (Å²) in [7, 11) is 0. The summed E-state index contributed by atoms with van der Waals surface area (Å²) >= 11 is 5.99. The van der Waals surface area contributed by atoms with Crippen molar-refractivity contribution in [3.8, 4) is 0 Å². The van der Waals surface area contributed by atoms with Gasteiger partial charge in [-0.1, -0.05) is 23.7 Å². The number of piperazine rings is 1. The zero-order valence-electron chi connectivity index (χ0n) is 11.5. The summed E-state index contributed by atoms with van der Waals surface area (Å²) < 4.78 is 0. The van der Waals surface area contributed by atoms with E-state index in [4.69, 9.17) is 11.6 Å². The minimum absolute atomic E-state index is 0.000989. The molecule has 1 N–H and O–H groups in total. The van der Waals surface area contributed by atoms with Crippen LogP contribution in [0.3, 0.4) is 0 Å². The second-order valence-electron chi connectivity index (χ2n) is 5.02. The minimum atomic E-state index is -0.000989. The number of nitrogens with zero attached hydrogens (tertiary/aromatic N) is 2. The van der Waals surface area contributed by atoms with Gasteiger partial charge in [-0.2, -0.15) is 0 Å². The molecule has 1 amide bonds. The van der Waals surface area contributed by atoms with Gasteiger partial charge < -0.3 is 10.2 Å². The molecule has 5 heteroatoms. The highest BCUT2D eigenvalue weighted by Gasteiger charge is 2.28. The van der Waals surface area contributed by atoms with Gasteiger partial charge in [0, 0.05) is 42.6 Å². The molecular formula is C16H16ClN3O. The Morgan fingerprint density at radius 3 is 3.00 bits per heavy atom. The van der Waals surface area contributed by atoms with Gasteiger partial charge in [-0.25, -0.2) is 0 Å². The van der Waals surface area contributed by atoms with Gasteiger partial charge in [-0.3, -0.25) is 9.78 Å². The lowest BCUT2D eigenvalue weighted by molar-refractivity contribution is 0.0634. The zero-order chi connectivity index (χ0) is 14.7. The first-order valence-electron chi connectivity index (χ1n) is 6.93. The highest BCUT2D eigenvalue weighted by Crippen LogP contribution is 2.24. The lowest BCUT2D eigenvalue weighted by Gasteiger charge is -2.36. The van der Waals surface area contributed by atoms with Crippen LogP contribution in [-0.4, -0.2) is 35.4 Å². The van der Waals surface area contributed by atoms with Crippen molar-refractivity contribution in [2.45, 2.75) is 6.04 Å². The third-order valence-electron chi connectivity index (χ3n) is 3.65. The molecule has 0 saturated carbocycles. The maximum Gasteiger partial charge on any atom is 0.254 e. The van der Waals surface area contributed by atoms with Crippen LogP contribution in [0.4, 0.5) is 0 Å². The monoisotopic (exact) mass is 301 g/mol. The van der Waals surface area contributed by atoms with E-state index in [1.54, 1.807) is 30.5 Å². The van der Waals surface area contributed by atoms with Gasteiger partial charge in [0.05, 0.1) is 6.04 Å². The topological polar surface area (TPSA) is 45.2 Å². The molecule has 108 valence electrons. The van der Waals surface area contributed by atoms with Crippen LogP contribution in [0.1, 0.15) is 22.0 Å². The van der Waals surface area contributed by atoms with Gasteiger partial charge in [-0.05, 0) is 29.8 Å². The lowest BCUT2D eigenvalue weighted by Crippen LogP contribution is -2.48. The van der Waals surface area contributed by atoms with E-state index in [-0.39, 0.29) is 11.9 Å². The Morgan fingerprint density at radius 1 is 1.33 bits per heavy atom. The molecule has 1 fully saturated rings. The average Bonchev–Trinajstić information content (AvgIpc) is 2.55. The first-order chi connectivity index (χ1) is 10.3. The molecule has 4 nitrogen and oxygen atoms in total. The lowest BCUT2D eigenvalue weighted by atomic mass is 10.0. The Bertz CT molecular complexity index is 632. The largest absolute Gasteiger partial charge is 0.329 e. The van der Waals surface area contributed by atoms with Crippen LogP contribution in [-0.2, 0) is 0 Å². The molecule has 1 aromatic carbocycles. The van der Waals surface area contributed by atoms with Gasteiger partial charge in [-0.15, -0.1) is 0 Å². The van der Waals surface area contributed by atoms with Crippen LogP contribution in [0.25, 0.3) is 0 Å². The van der Waals surface area contributed by atoms with Crippen LogP contribution < -0.4 is 5.32 Å². The number of aromatic nitrogens is 1. The fraction of sp³-hybridized carbons (Fsp3) is 0.250. The van der Waals surface area contributed by atoms with Crippen LogP contribution in [0.5, 0.6) is 0 Å². The van der Waals surface area contributed by atoms with Gasteiger partial charge in [0.25, 0.3) is 5.91 Å². The van der Waals surface area contributed by atoms with Crippen LogP contribution in [0, 0.1) is 0 Å². The zero-order valence-corrected chi connectivity index (χ0v) is 12.3. The molecule has 1 aliphatic heterocycles. The van der Waals surface area contributed by atoms with Crippen molar-refractivity contribution in [1.29, 1.82) is 0 Å². The van der Waals surface area contributed by atoms with E-state index in [9.17, 15) is 4.79 Å². The number of benzene rings is 1. The first-order valence-corrected chi connectivity index (χ1v) is 7.30. The maximum atomic E-state index is 12.8. The van der Waals surface area contributed by atoms with Crippen LogP contribution in [0.2, 0.25) is 5.02 Å². The SMILES string of the molecule is O=C(c1cccc(Cl)c1)N1CCNCC1c1cccnc1. The van der Waals surface area contributed by atoms with E-state index in [1.165, 1.54) is 0 Å². The van der Waals surface area contributed by atoms with Gasteiger partial charge in [0.1, 0.15) is 0 Å². The Morgan fingerprint density at radius 2 is 2.24 bits per heavy atom. The Hall–Kier alpha value is -1.91. The minimum Gasteiger partial charge on any atom is -0.329 e. The highest BCUT2D eigenvalue weighted by atomic mass is 35.5. The van der Waals surface area contributed by atoms with Crippen molar-refractivity contribution in [2.24, 2.45) is 0 Å². The van der Waals surface area contributed by atoms with Crippen molar-refractivity contribution >= 4 is 17.5 Å². The van der Waals surface area contributed by atoms with E-state index in [1.807, 2.05) is 23.2 Å². The van der Waals surface area contributed by atoms with Crippen molar-refractivity contribution in [2.75, 3.05) is 19.6 Å². The van der Waals surface area contributed by atoms with Crippen molar-refractivity contribution in [3.05, 3.63) is 64.9 Å². The average molecular weight is 302 g/mol. The van der Waals surface area contributed by atoms with Crippen molar-refractivity contribution < 1.29 is 4.79 Å². The summed E-state index contributed by atoms with van der Waals surface area (Å²) in [6.45, 7) is 2.20. The fourth-order valence-corrected chi connectivity index (χ4v) is 2.80. The smallest absolute Gasteiger partial charge is 0.254 e. The van der Waals surface area contributed by atoms with Crippen LogP contribution >= 0.6 is 11.6 Å². The maximum absolute atomic E-state index is 12.8. The van der Waals surface area contributed by atoms with E-state index < -0.39 is 0 Å². The van der Waals surface area contributed by atoms with Crippen molar-refractivity contribution in [1.82, 2.24) is 15.2 Å². The second kappa shape index (κ2) is 6.24. The molecule has 1 aliphatic rings. The molecule has 2 heterocycles. The second-order valence-corrected chi connectivity index (χ2v) is 5.45. The number of nitrogens with one attached hydrogen (secondary N) is 1. The summed E-state index contributed by atoms with van der Waals surface area (Å²) in [6, 6.07) is 11.0. The van der Waals surface area contributed by atoms with Crippen LogP contribution in [0.15, 0.2) is 48.8 Å². The molecular weight excluding hydrogens is 286 g/mol. The number of hydrogen-bond donors (Lipinski definition) is 1. The number of amides is 1. The fourth-order valence-electron chi connectivity index (χ4n) is 2.61. The first kappa shape index (κ1) is 14.0. The molecule has 1 saturated heterocycles. The molecule has 2 aromatic rings. The Labute approximate surface area is 128 Å². The van der Waals surface area contributed by atoms with E-state index in [0.717, 1.165) is 18.7 Å². The van der Waals surface area contributed by atoms with Gasteiger partial charge >= 0.3 is 0 Å².